The van der Waals surface area contributed by atoms with Gasteiger partial charge < -0.3 is 4.57 Å². The van der Waals surface area contributed by atoms with Crippen molar-refractivity contribution in [2.75, 3.05) is 26.7 Å². The minimum Gasteiger partial charge on any atom is -0.329 e. The monoisotopic (exact) mass is 444 g/mol. The van der Waals surface area contributed by atoms with E-state index >= 15 is 0 Å². The van der Waals surface area contributed by atoms with Crippen molar-refractivity contribution in [3.8, 4) is 0 Å². The molecule has 0 bridgehead atoms. The summed E-state index contributed by atoms with van der Waals surface area (Å²) >= 11 is 0. The summed E-state index contributed by atoms with van der Waals surface area (Å²) in [6.07, 6.45) is 4.01. The molecule has 0 spiro atoms. The van der Waals surface area contributed by atoms with Gasteiger partial charge in [0, 0.05) is 45.0 Å². The molecule has 1 aromatic heterocycles. The molecule has 2 aromatic carbocycles. The third-order valence-corrected chi connectivity index (χ3v) is 6.49. The highest BCUT2D eigenvalue weighted by molar-refractivity contribution is 5.85. The molecule has 3 heterocycles. The predicted molar refractivity (Wildman–Crippen MR) is 126 cm³/mol. The summed E-state index contributed by atoms with van der Waals surface area (Å²) < 4.78 is 2.30. The molecule has 30 heavy (non-hydrogen) atoms. The third-order valence-electron chi connectivity index (χ3n) is 6.49. The highest BCUT2D eigenvalue weighted by atomic mass is 35.5. The number of hydrogen-bond acceptors (Lipinski definition) is 3. The van der Waals surface area contributed by atoms with Crippen molar-refractivity contribution in [2.24, 2.45) is 11.8 Å². The van der Waals surface area contributed by atoms with Crippen LogP contribution >= 0.6 is 24.8 Å². The van der Waals surface area contributed by atoms with Crippen LogP contribution in [0.15, 0.2) is 73.2 Å². The Bertz CT molecular complexity index is 915. The molecular weight excluding hydrogens is 415 g/mol. The van der Waals surface area contributed by atoms with Crippen LogP contribution in [0.2, 0.25) is 0 Å². The Kier molecular flexibility index (Phi) is 7.59. The van der Waals surface area contributed by atoms with Gasteiger partial charge in [0.15, 0.2) is 0 Å². The van der Waals surface area contributed by atoms with Gasteiger partial charge in [-0.2, -0.15) is 0 Å². The van der Waals surface area contributed by atoms with Crippen LogP contribution in [-0.2, 0) is 13.1 Å². The zero-order valence-corrected chi connectivity index (χ0v) is 18.9. The summed E-state index contributed by atoms with van der Waals surface area (Å²) in [6, 6.07) is 22.2. The number of halogens is 2. The first-order valence-electron chi connectivity index (χ1n) is 10.3. The number of likely N-dealkylation sites (tertiary alicyclic amines) is 2. The highest BCUT2D eigenvalue weighted by Crippen LogP contribution is 2.44. The van der Waals surface area contributed by atoms with E-state index in [-0.39, 0.29) is 24.8 Å². The van der Waals surface area contributed by atoms with Crippen LogP contribution in [-0.4, -0.2) is 46.0 Å². The molecule has 5 rings (SSSR count). The van der Waals surface area contributed by atoms with Gasteiger partial charge in [-0.25, -0.2) is 4.98 Å². The van der Waals surface area contributed by atoms with Gasteiger partial charge in [-0.15, -0.1) is 24.8 Å². The highest BCUT2D eigenvalue weighted by Gasteiger charge is 2.45. The molecule has 0 amide bonds. The molecule has 3 aromatic rings. The van der Waals surface area contributed by atoms with Crippen molar-refractivity contribution < 1.29 is 0 Å². The summed E-state index contributed by atoms with van der Waals surface area (Å²) in [7, 11) is 2.29. The summed E-state index contributed by atoms with van der Waals surface area (Å²) in [5, 5.41) is 0. The van der Waals surface area contributed by atoms with Crippen molar-refractivity contribution in [2.45, 2.75) is 19.1 Å². The van der Waals surface area contributed by atoms with Gasteiger partial charge in [0.2, 0.25) is 0 Å². The number of rotatable bonds is 5. The van der Waals surface area contributed by atoms with E-state index in [1.165, 1.54) is 36.5 Å². The fourth-order valence-corrected chi connectivity index (χ4v) is 5.26. The van der Waals surface area contributed by atoms with E-state index in [1.54, 1.807) is 0 Å². The number of nitrogens with zero attached hydrogens (tertiary/aromatic N) is 4. The quantitative estimate of drug-likeness (QED) is 0.578. The van der Waals surface area contributed by atoms with Crippen LogP contribution in [0.25, 0.3) is 0 Å². The molecule has 0 N–H and O–H groups in total. The maximum absolute atomic E-state index is 4.44. The van der Waals surface area contributed by atoms with Crippen molar-refractivity contribution in [3.63, 3.8) is 0 Å². The smallest absolute Gasteiger partial charge is 0.0951 e. The lowest BCUT2D eigenvalue weighted by atomic mass is 9.90. The van der Waals surface area contributed by atoms with Gasteiger partial charge in [-0.3, -0.25) is 9.80 Å². The maximum Gasteiger partial charge on any atom is 0.0951 e. The zero-order valence-electron chi connectivity index (χ0n) is 17.3. The molecule has 0 aliphatic carbocycles. The Labute approximate surface area is 191 Å². The molecule has 4 nitrogen and oxygen atoms in total. The van der Waals surface area contributed by atoms with E-state index in [4.69, 9.17) is 0 Å². The summed E-state index contributed by atoms with van der Waals surface area (Å²) in [5.41, 5.74) is 4.10. The molecule has 3 atom stereocenters. The van der Waals surface area contributed by atoms with Crippen LogP contribution < -0.4 is 0 Å². The number of benzene rings is 2. The van der Waals surface area contributed by atoms with E-state index in [1.807, 2.05) is 12.5 Å². The number of aromatic nitrogens is 2. The topological polar surface area (TPSA) is 24.3 Å². The Hall–Kier alpha value is -1.85. The Balaban J connectivity index is 0.00000128. The first-order chi connectivity index (χ1) is 13.8. The molecule has 2 aliphatic rings. The average Bonchev–Trinajstić information content (AvgIpc) is 3.38. The van der Waals surface area contributed by atoms with Gasteiger partial charge in [0.1, 0.15) is 0 Å². The van der Waals surface area contributed by atoms with E-state index in [9.17, 15) is 0 Å². The minimum absolute atomic E-state index is 0. The van der Waals surface area contributed by atoms with Gasteiger partial charge >= 0.3 is 0 Å². The second-order valence-electron chi connectivity index (χ2n) is 8.41. The van der Waals surface area contributed by atoms with Crippen molar-refractivity contribution in [1.82, 2.24) is 19.4 Å². The molecule has 160 valence electrons. The fourth-order valence-electron chi connectivity index (χ4n) is 5.26. The predicted octanol–water partition coefficient (Wildman–Crippen LogP) is 4.51. The standard InChI is InChI=1S/C24H28N4.2ClH/c1-26-14-21-15-27(17-23(21)24(26)20-10-6-3-7-11-20)16-22-12-25-18-28(22)13-19-8-4-2-5-9-19;;/h2-12,18,21,23-24H,13-17H2,1H3;2*1H/t21-,23+,24-;;/m0../s1. The minimum atomic E-state index is 0. The molecule has 2 fully saturated rings. The van der Waals surface area contributed by atoms with Gasteiger partial charge in [-0.1, -0.05) is 60.7 Å². The lowest BCUT2D eigenvalue weighted by molar-refractivity contribution is 0.222. The average molecular weight is 445 g/mol. The van der Waals surface area contributed by atoms with Crippen LogP contribution in [0.3, 0.4) is 0 Å². The Morgan fingerprint density at radius 3 is 2.30 bits per heavy atom. The number of imidazole rings is 1. The zero-order chi connectivity index (χ0) is 18.9. The lowest BCUT2D eigenvalue weighted by Crippen LogP contribution is -2.29. The molecule has 6 heteroatoms. The van der Waals surface area contributed by atoms with E-state index in [2.05, 4.69) is 87.1 Å². The van der Waals surface area contributed by atoms with Crippen LogP contribution in [0, 0.1) is 11.8 Å². The SMILES string of the molecule is CN1C[C@H]2CN(Cc3cncn3Cc3ccccc3)C[C@H]2[C@@H]1c1ccccc1.Cl.Cl. The number of fused-ring (bicyclic) bond motifs is 1. The Morgan fingerprint density at radius 2 is 1.57 bits per heavy atom. The van der Waals surface area contributed by atoms with Gasteiger partial charge in [0.05, 0.1) is 12.0 Å². The summed E-state index contributed by atoms with van der Waals surface area (Å²) in [5.74, 6) is 1.48. The van der Waals surface area contributed by atoms with Crippen LogP contribution in [0.4, 0.5) is 0 Å². The molecular formula is C24H30Cl2N4. The van der Waals surface area contributed by atoms with Gasteiger partial charge in [0.25, 0.3) is 0 Å². The van der Waals surface area contributed by atoms with E-state index in [0.29, 0.717) is 6.04 Å². The largest absolute Gasteiger partial charge is 0.329 e. The second-order valence-corrected chi connectivity index (χ2v) is 8.41. The molecule has 2 saturated heterocycles. The van der Waals surface area contributed by atoms with Crippen molar-refractivity contribution >= 4 is 24.8 Å². The molecule has 2 aliphatic heterocycles. The number of hydrogen-bond donors (Lipinski definition) is 0. The van der Waals surface area contributed by atoms with Crippen molar-refractivity contribution in [3.05, 3.63) is 90.0 Å². The lowest BCUT2D eigenvalue weighted by Gasteiger charge is -2.27. The van der Waals surface area contributed by atoms with Gasteiger partial charge in [-0.05, 0) is 30.0 Å². The fraction of sp³-hybridized carbons (Fsp3) is 0.375. The third kappa shape index (κ3) is 4.57. The first-order valence-corrected chi connectivity index (χ1v) is 10.3. The van der Waals surface area contributed by atoms with Crippen LogP contribution in [0.1, 0.15) is 22.9 Å². The van der Waals surface area contributed by atoms with E-state index in [0.717, 1.165) is 24.9 Å². The summed E-state index contributed by atoms with van der Waals surface area (Å²) in [4.78, 5) is 9.63. The summed E-state index contributed by atoms with van der Waals surface area (Å²) in [6.45, 7) is 5.45. The maximum atomic E-state index is 4.44. The molecule has 0 unspecified atom stereocenters. The second kappa shape index (κ2) is 9.97. The van der Waals surface area contributed by atoms with E-state index < -0.39 is 0 Å². The normalized spacial score (nSPS) is 23.6. The Morgan fingerprint density at radius 1 is 0.867 bits per heavy atom. The van der Waals surface area contributed by atoms with Crippen molar-refractivity contribution in [1.29, 1.82) is 0 Å². The molecule has 0 radical (unpaired) electrons. The first kappa shape index (κ1) is 22.8. The molecule has 0 saturated carbocycles. The van der Waals surface area contributed by atoms with Crippen LogP contribution in [0.5, 0.6) is 0 Å².